The molecule has 0 aliphatic carbocycles. The van der Waals surface area contributed by atoms with Gasteiger partial charge < -0.3 is 63.5 Å². The van der Waals surface area contributed by atoms with Gasteiger partial charge in [-0.15, -0.1) is 24.8 Å². The molecule has 5 aliphatic rings. The number of aromatic amines is 1. The second-order valence-corrected chi connectivity index (χ2v) is 44.3. The number of nitro groups is 3. The van der Waals surface area contributed by atoms with E-state index in [2.05, 4.69) is 57.2 Å². The normalized spacial score (nSPS) is 15.3. The van der Waals surface area contributed by atoms with Crippen molar-refractivity contribution < 1.29 is 61.7 Å². The Kier molecular flexibility index (Phi) is 46.3. The number of nitrogens with one attached hydrogen (secondary N) is 2. The average molecular weight is 2200 g/mol. The molecule has 0 spiro atoms. The first-order chi connectivity index (χ1) is 67.8. The number of nitro benzene ring substituents is 3. The van der Waals surface area contributed by atoms with Gasteiger partial charge in [0.25, 0.3) is 26.1 Å². The van der Waals surface area contributed by atoms with Crippen LogP contribution in [0.15, 0.2) is 225 Å². The third kappa shape index (κ3) is 34.2. The number of aromatic nitrogens is 8. The highest BCUT2D eigenvalue weighted by molar-refractivity contribution is 8.13. The Morgan fingerprint density at radius 2 is 0.793 bits per heavy atom. The van der Waals surface area contributed by atoms with Crippen molar-refractivity contribution in [1.29, 1.82) is 0 Å². The quantitative estimate of drug-likeness (QED) is 0.0122. The fourth-order valence-corrected chi connectivity index (χ4v) is 21.4. The van der Waals surface area contributed by atoms with E-state index in [9.17, 15) is 77.2 Å². The van der Waals surface area contributed by atoms with Gasteiger partial charge in [-0.25, -0.2) is 57.0 Å². The number of nitrogens with zero attached hydrogens (tertiary/aromatic N) is 19. The highest BCUT2D eigenvalue weighted by Gasteiger charge is 2.34. The minimum atomic E-state index is -3.97. The lowest BCUT2D eigenvalue weighted by Crippen LogP contribution is -2.47. The SMILES string of the molecule is CC.CN1CCCCC1.CN1CCN(S(=O)(=O)c2ccc(Cl)c([N+](=O)[O-])c2)CC1.CN1CCN(S(=O)(=O)c2ccc(N)c(N)c2)CC1.CN1CCN(S(=O)(=O)c2ccc(NCc3ccccc3)c([N+](=O)[O-])c2)CC1.CN1CCN(S(=O)(=O)c2ccc3nc(-c4cc(-c5cnn(C)c5)cnc4N)[nH]c3c2)CC1.Cl.Cl.Cn1cc(-c2cnc(N)c(C=O)c2)cn1.NCc1ccccc1.O=[N+]([O-])c1cc(S(=O)(=O)Cl)ccc1Cl. The molecule has 786 valence electrons. The fourth-order valence-electron chi connectivity index (χ4n) is 14.4. The predicted octanol–water partition coefficient (Wildman–Crippen LogP) is 11.8. The first kappa shape index (κ1) is 120. The molecule has 0 radical (unpaired) electrons. The number of nitrogens with two attached hydrogens (primary N) is 5. The largest absolute Gasteiger partial charge is 0.397 e. The van der Waals surface area contributed by atoms with Crippen LogP contribution in [0.2, 0.25) is 10.0 Å². The number of hydrogen-bond donors (Lipinski definition) is 7. The highest BCUT2D eigenvalue weighted by Crippen LogP contribution is 2.36. The number of piperidine rings is 1. The van der Waals surface area contributed by atoms with Crippen LogP contribution in [0.25, 0.3) is 44.7 Å². The molecule has 12 aromatic rings. The van der Waals surface area contributed by atoms with Crippen LogP contribution in [0.3, 0.4) is 0 Å². The van der Waals surface area contributed by atoms with E-state index >= 15 is 0 Å². The molecule has 17 rings (SSSR count). The predicted molar refractivity (Wildman–Crippen MR) is 570 cm³/mol. The van der Waals surface area contributed by atoms with Crippen LogP contribution < -0.4 is 34.0 Å². The van der Waals surface area contributed by atoms with Crippen LogP contribution in [0, 0.1) is 30.3 Å². The first-order valence-corrected chi connectivity index (χ1v) is 53.8. The van der Waals surface area contributed by atoms with Gasteiger partial charge in [0, 0.05) is 208 Å². The zero-order chi connectivity index (χ0) is 105. The molecular formula is C92H121Cl5N26O17S5. The zero-order valence-electron chi connectivity index (χ0n) is 81.2. The van der Waals surface area contributed by atoms with Crippen molar-refractivity contribution in [3.8, 4) is 33.6 Å². The van der Waals surface area contributed by atoms with Crippen molar-refractivity contribution in [2.45, 2.75) is 70.7 Å². The number of likely N-dealkylation sites (N-methyl/N-ethyl adjacent to an activating group) is 4. The molecule has 0 bridgehead atoms. The van der Waals surface area contributed by atoms with E-state index in [0.29, 0.717) is 149 Å². The molecule has 0 saturated carbocycles. The Bertz CT molecular complexity index is 6940. The number of fused-ring (bicyclic) bond motifs is 1. The van der Waals surface area contributed by atoms with Crippen LogP contribution >= 0.6 is 58.7 Å². The topological polar surface area (TPSA) is 579 Å². The van der Waals surface area contributed by atoms with Gasteiger partial charge in [0.05, 0.1) is 85.2 Å². The molecule has 43 nitrogen and oxygen atoms in total. The second kappa shape index (κ2) is 55.8. The van der Waals surface area contributed by atoms with E-state index in [1.54, 1.807) is 58.4 Å². The monoisotopic (exact) mass is 2200 g/mol. The number of hydrogen-bond acceptors (Lipinski definition) is 33. The number of H-pyrrole nitrogens is 1. The van der Waals surface area contributed by atoms with Crippen LogP contribution in [0.4, 0.5) is 45.8 Å². The zero-order valence-corrected chi connectivity index (χ0v) is 89.2. The summed E-state index contributed by atoms with van der Waals surface area (Å²) in [6.07, 6.45) is 15.5. The summed E-state index contributed by atoms with van der Waals surface area (Å²) in [7, 11) is 0.227. The number of carbonyl (C=O) groups excluding carboxylic acids is 1. The lowest BCUT2D eigenvalue weighted by molar-refractivity contribution is -0.385. The third-order valence-corrected chi connectivity index (χ3v) is 32.5. The van der Waals surface area contributed by atoms with Crippen molar-refractivity contribution >= 4 is 171 Å². The number of anilines is 5. The van der Waals surface area contributed by atoms with Gasteiger partial charge in [-0.3, -0.25) is 44.5 Å². The third-order valence-electron chi connectivity index (χ3n) is 22.9. The number of aldehydes is 1. The molecule has 0 unspecified atom stereocenters. The number of imidazole rings is 1. The average Bonchev–Trinajstić information content (AvgIpc) is 1.44. The molecule has 0 amide bonds. The minimum absolute atomic E-state index is 0. The summed E-state index contributed by atoms with van der Waals surface area (Å²) >= 11 is 11.2. The van der Waals surface area contributed by atoms with Gasteiger partial charge in [0.1, 0.15) is 33.2 Å². The maximum Gasteiger partial charge on any atom is 0.293 e. The maximum absolute atomic E-state index is 13.1. The molecule has 53 heteroatoms. The Balaban J connectivity index is 0.000000232. The van der Waals surface area contributed by atoms with Gasteiger partial charge in [0.15, 0.2) is 6.29 Å². The Morgan fingerprint density at radius 3 is 1.18 bits per heavy atom. The number of halogens is 5. The number of pyridine rings is 2. The number of piperazine rings is 4. The molecule has 7 aromatic carbocycles. The Morgan fingerprint density at radius 1 is 0.421 bits per heavy atom. The van der Waals surface area contributed by atoms with Crippen molar-refractivity contribution in [3.63, 3.8) is 0 Å². The first-order valence-electron chi connectivity index (χ1n) is 44.9. The van der Waals surface area contributed by atoms with Gasteiger partial charge in [-0.2, -0.15) is 27.4 Å². The van der Waals surface area contributed by atoms with Gasteiger partial charge in [-0.05, 0) is 157 Å². The molecule has 0 atom stereocenters. The van der Waals surface area contributed by atoms with Gasteiger partial charge in [0.2, 0.25) is 40.1 Å². The summed E-state index contributed by atoms with van der Waals surface area (Å²) in [6.45, 7) is 16.6. The van der Waals surface area contributed by atoms with E-state index in [4.69, 9.17) is 62.6 Å². The van der Waals surface area contributed by atoms with E-state index in [-0.39, 0.29) is 70.8 Å². The van der Waals surface area contributed by atoms with Crippen molar-refractivity contribution in [1.82, 2.24) is 81.2 Å². The molecule has 5 fully saturated rings. The molecular weight excluding hydrogens is 2080 g/mol. The molecule has 145 heavy (non-hydrogen) atoms. The Labute approximate surface area is 870 Å². The van der Waals surface area contributed by atoms with E-state index in [1.165, 1.54) is 97.6 Å². The summed E-state index contributed by atoms with van der Waals surface area (Å²) in [5.41, 5.74) is 36.1. The summed E-state index contributed by atoms with van der Waals surface area (Å²) in [5.74, 6) is 1.12. The summed E-state index contributed by atoms with van der Waals surface area (Å²) in [4.78, 5) is 68.1. The van der Waals surface area contributed by atoms with Gasteiger partial charge in [-0.1, -0.05) is 104 Å². The second-order valence-electron chi connectivity index (χ2n) is 33.2. The maximum atomic E-state index is 13.1. The van der Waals surface area contributed by atoms with E-state index in [1.807, 2.05) is 145 Å². The molecule has 10 heterocycles. The van der Waals surface area contributed by atoms with Crippen LogP contribution in [0.5, 0.6) is 0 Å². The number of aryl methyl sites for hydroxylation is 2. The number of sulfonamides is 4. The van der Waals surface area contributed by atoms with Crippen LogP contribution in [-0.2, 0) is 76.3 Å². The number of likely N-dealkylation sites (tertiary alicyclic amines) is 1. The van der Waals surface area contributed by atoms with Crippen molar-refractivity contribution in [2.24, 2.45) is 19.8 Å². The standard InChI is InChI=1S/C21H24N8O2S.C18H22N4O4S.C11H14ClN3O4S.C11H18N4O2S.C10H10N4O.C7H9N.C6H3Cl2NO4S.C6H13N.C2H6.2ClH/c1-27-5-7-29(8-6-27)32(30,31)16-3-4-18-19(10-16)26-21(25-18)17-9-14(11-23-20(17)22)15-12-24-28(2)13-15;1-20-9-11-21(12-10-20)27(25,26)16-7-8-17(18(13-16)22(23)24)19-14-15-5-3-2-4-6-15;1-13-4-6-14(7-5-13)20(18,19)9-2-3-10(12)11(8-9)15(16)17;1-14-4-6-15(7-5-14)18(16,17)9-2-3-10(12)11(13)8-9;1-14-5-9(4-13-14)7-2-8(6-15)10(11)12-3-7;8-6-7-4-2-1-3-5-7;7-5-2-1-4(14(8,12)13)3-6(5)9(10)11;1-7-5-3-2-4-6-7;1-2;;/h3-4,9-13H,5-8H2,1-2H3,(H2,22,23)(H,25,26);2-8,13,19H,9-12,14H2,1H3;2-3,8H,4-7H2,1H3;2-3,8H,4-7,12-13H2,1H3;2-6H,1H3,(H2,11,12);1-5H,6,8H2;1-3H;2-6H2,1H3;1-2H3;2*1H. The van der Waals surface area contributed by atoms with Crippen molar-refractivity contribution in [3.05, 3.63) is 258 Å². The summed E-state index contributed by atoms with van der Waals surface area (Å²) in [5, 5.41) is 43.7. The van der Waals surface area contributed by atoms with Crippen LogP contribution in [0.1, 0.15) is 54.6 Å². The highest BCUT2D eigenvalue weighted by atomic mass is 35.7. The minimum Gasteiger partial charge on any atom is -0.397 e. The summed E-state index contributed by atoms with van der Waals surface area (Å²) < 4.78 is 132. The van der Waals surface area contributed by atoms with Crippen LogP contribution in [-0.4, -0.2) is 297 Å². The van der Waals surface area contributed by atoms with Crippen molar-refractivity contribution in [2.75, 3.05) is 181 Å². The number of carbonyl (C=O) groups is 1. The number of benzene rings is 7. The lowest BCUT2D eigenvalue weighted by atomic mass is 10.1. The van der Waals surface area contributed by atoms with Gasteiger partial charge >= 0.3 is 0 Å². The smallest absolute Gasteiger partial charge is 0.293 e. The molecule has 12 N–H and O–H groups in total. The Hall–Kier alpha value is -11.6. The number of nitrogen functional groups attached to an aromatic ring is 4. The van der Waals surface area contributed by atoms with E-state index in [0.717, 1.165) is 84.3 Å². The fraction of sp³-hybridized carbons (Fsp3) is 0.348. The lowest BCUT2D eigenvalue weighted by Gasteiger charge is -2.31. The van der Waals surface area contributed by atoms with E-state index < -0.39 is 75.3 Å². The number of rotatable bonds is 20. The molecule has 5 aromatic heterocycles. The summed E-state index contributed by atoms with van der Waals surface area (Å²) in [6, 6.07) is 43.1. The molecule has 5 aliphatic heterocycles. The molecule has 5 saturated heterocycles.